The smallest absolute Gasteiger partial charge is 0.0619 e. The van der Waals surface area contributed by atoms with Crippen LogP contribution in [0.15, 0.2) is 39.9 Å². The van der Waals surface area contributed by atoms with Crippen LogP contribution < -0.4 is 0 Å². The molecule has 1 rings (SSSR count). The van der Waals surface area contributed by atoms with E-state index in [0.29, 0.717) is 0 Å². The number of aliphatic hydroxyl groups is 1. The van der Waals surface area contributed by atoms with Gasteiger partial charge in [-0.3, -0.25) is 4.99 Å². The van der Waals surface area contributed by atoms with Gasteiger partial charge in [-0.15, -0.1) is 0 Å². The zero-order valence-electron chi connectivity index (χ0n) is 16.5. The molecule has 0 aromatic carbocycles. The van der Waals surface area contributed by atoms with E-state index in [2.05, 4.69) is 45.9 Å². The van der Waals surface area contributed by atoms with Crippen LogP contribution >= 0.6 is 0 Å². The average Bonchev–Trinajstić information content (AvgIpc) is 2.54. The van der Waals surface area contributed by atoms with Gasteiger partial charge in [-0.1, -0.05) is 44.4 Å². The molecule has 1 N–H and O–H groups in total. The van der Waals surface area contributed by atoms with Crippen LogP contribution in [-0.4, -0.2) is 23.0 Å². The second kappa shape index (κ2) is 10.7. The molecule has 0 aromatic rings. The molecule has 24 heavy (non-hydrogen) atoms. The molecule has 1 heterocycles. The van der Waals surface area contributed by atoms with Crippen molar-refractivity contribution in [2.45, 2.75) is 91.6 Å². The minimum atomic E-state index is -0.521. The van der Waals surface area contributed by atoms with Crippen molar-refractivity contribution in [1.82, 2.24) is 0 Å². The molecule has 2 nitrogen and oxygen atoms in total. The summed E-state index contributed by atoms with van der Waals surface area (Å²) in [6, 6.07) is 0. The fraction of sp³-hybridized carbons (Fsp3) is 0.682. The maximum Gasteiger partial charge on any atom is 0.0619 e. The summed E-state index contributed by atoms with van der Waals surface area (Å²) in [6.07, 6.45) is 15.1. The second-order valence-corrected chi connectivity index (χ2v) is 7.59. The first kappa shape index (κ1) is 20.9. The van der Waals surface area contributed by atoms with Gasteiger partial charge in [0, 0.05) is 5.71 Å². The summed E-state index contributed by atoms with van der Waals surface area (Å²) in [6.45, 7) is 11.4. The Morgan fingerprint density at radius 3 is 2.33 bits per heavy atom. The summed E-state index contributed by atoms with van der Waals surface area (Å²) >= 11 is 0. The van der Waals surface area contributed by atoms with E-state index < -0.39 is 5.60 Å². The van der Waals surface area contributed by atoms with Crippen molar-refractivity contribution in [3.05, 3.63) is 34.9 Å². The Morgan fingerprint density at radius 2 is 1.67 bits per heavy atom. The third-order valence-electron chi connectivity index (χ3n) is 4.55. The van der Waals surface area contributed by atoms with Gasteiger partial charge >= 0.3 is 0 Å². The van der Waals surface area contributed by atoms with Gasteiger partial charge in [0.2, 0.25) is 0 Å². The molecule has 0 amide bonds. The zero-order valence-corrected chi connectivity index (χ0v) is 16.5. The highest BCUT2D eigenvalue weighted by molar-refractivity contribution is 5.96. The van der Waals surface area contributed by atoms with Gasteiger partial charge in [-0.05, 0) is 76.5 Å². The van der Waals surface area contributed by atoms with E-state index in [1.807, 2.05) is 6.92 Å². The van der Waals surface area contributed by atoms with Crippen LogP contribution in [0.3, 0.4) is 0 Å². The second-order valence-electron chi connectivity index (χ2n) is 7.59. The van der Waals surface area contributed by atoms with Crippen molar-refractivity contribution in [3.8, 4) is 0 Å². The standard InChI is InChI=1S/C22H37NO/c1-6-8-11-21-16-19(4)14-18(3)15-20(17-23-21)10-9-13-22(5,24)12-7-2/h14-16,24H,6-13,17H2,1-5H3/b18-14+,19-16+,20-15-,23-21-. The number of aliphatic imine (C=N–C) groups is 1. The number of hydrogen-bond donors (Lipinski definition) is 1. The summed E-state index contributed by atoms with van der Waals surface area (Å²) < 4.78 is 0. The molecule has 1 atom stereocenters. The van der Waals surface area contributed by atoms with E-state index in [-0.39, 0.29) is 0 Å². The highest BCUT2D eigenvalue weighted by atomic mass is 16.3. The molecule has 136 valence electrons. The fourth-order valence-corrected chi connectivity index (χ4v) is 3.34. The van der Waals surface area contributed by atoms with E-state index in [9.17, 15) is 5.11 Å². The van der Waals surface area contributed by atoms with E-state index in [1.165, 1.54) is 35.3 Å². The summed E-state index contributed by atoms with van der Waals surface area (Å²) in [7, 11) is 0. The summed E-state index contributed by atoms with van der Waals surface area (Å²) in [5.74, 6) is 0. The fourth-order valence-electron chi connectivity index (χ4n) is 3.34. The van der Waals surface area contributed by atoms with Crippen LogP contribution in [0, 0.1) is 0 Å². The van der Waals surface area contributed by atoms with E-state index in [4.69, 9.17) is 4.99 Å². The number of unbranched alkanes of at least 4 members (excludes halogenated alkanes) is 1. The summed E-state index contributed by atoms with van der Waals surface area (Å²) in [5.41, 5.74) is 4.67. The van der Waals surface area contributed by atoms with Gasteiger partial charge in [0.15, 0.2) is 0 Å². The predicted molar refractivity (Wildman–Crippen MR) is 107 cm³/mol. The Labute approximate surface area is 149 Å². The van der Waals surface area contributed by atoms with Crippen molar-refractivity contribution >= 4 is 5.71 Å². The molecule has 1 unspecified atom stereocenters. The van der Waals surface area contributed by atoms with Crippen molar-refractivity contribution < 1.29 is 5.11 Å². The molecule has 2 heteroatoms. The van der Waals surface area contributed by atoms with Gasteiger partial charge < -0.3 is 5.11 Å². The first-order valence-electron chi connectivity index (χ1n) is 9.68. The molecule has 0 aromatic heterocycles. The first-order chi connectivity index (χ1) is 11.4. The van der Waals surface area contributed by atoms with E-state index in [0.717, 1.165) is 45.1 Å². The van der Waals surface area contributed by atoms with Crippen LogP contribution in [0.25, 0.3) is 0 Å². The maximum absolute atomic E-state index is 10.3. The summed E-state index contributed by atoms with van der Waals surface area (Å²) in [4.78, 5) is 4.87. The lowest BCUT2D eigenvalue weighted by atomic mass is 9.92. The minimum Gasteiger partial charge on any atom is -0.390 e. The van der Waals surface area contributed by atoms with Gasteiger partial charge in [-0.25, -0.2) is 0 Å². The predicted octanol–water partition coefficient (Wildman–Crippen LogP) is 6.17. The Balaban J connectivity index is 2.74. The lowest BCUT2D eigenvalue weighted by molar-refractivity contribution is 0.0393. The maximum atomic E-state index is 10.3. The van der Waals surface area contributed by atoms with Crippen molar-refractivity contribution in [2.75, 3.05) is 6.54 Å². The Bertz CT molecular complexity index is 506. The number of nitrogens with zero attached hydrogens (tertiary/aromatic N) is 1. The van der Waals surface area contributed by atoms with Gasteiger partial charge in [0.25, 0.3) is 0 Å². The third kappa shape index (κ3) is 8.63. The molecule has 0 aliphatic carbocycles. The monoisotopic (exact) mass is 331 g/mol. The van der Waals surface area contributed by atoms with Crippen LogP contribution in [0.4, 0.5) is 0 Å². The Kier molecular flexibility index (Phi) is 9.28. The van der Waals surface area contributed by atoms with Crippen LogP contribution in [0.5, 0.6) is 0 Å². The molecule has 1 aliphatic rings. The SMILES string of the molecule is CCCCC1=N\C\C(CCCC(C)(O)CCC)=C/C(C)=C/C(C)=C/1. The Morgan fingerprint density at radius 1 is 0.958 bits per heavy atom. The molecule has 0 spiro atoms. The lowest BCUT2D eigenvalue weighted by Crippen LogP contribution is -2.23. The number of rotatable bonds is 9. The minimum absolute atomic E-state index is 0.521. The number of allylic oxidation sites excluding steroid dienone is 5. The van der Waals surface area contributed by atoms with Crippen LogP contribution in [0.1, 0.15) is 86.0 Å². The highest BCUT2D eigenvalue weighted by Crippen LogP contribution is 2.22. The Hall–Kier alpha value is -1.15. The highest BCUT2D eigenvalue weighted by Gasteiger charge is 2.18. The molecule has 0 fully saturated rings. The molecule has 0 saturated carbocycles. The largest absolute Gasteiger partial charge is 0.390 e. The van der Waals surface area contributed by atoms with Gasteiger partial charge in [0.05, 0.1) is 12.1 Å². The van der Waals surface area contributed by atoms with E-state index >= 15 is 0 Å². The summed E-state index contributed by atoms with van der Waals surface area (Å²) in [5, 5.41) is 10.3. The normalized spacial score (nSPS) is 27.1. The average molecular weight is 332 g/mol. The molecular formula is C22H37NO. The van der Waals surface area contributed by atoms with E-state index in [1.54, 1.807) is 0 Å². The topological polar surface area (TPSA) is 32.6 Å². The molecule has 0 bridgehead atoms. The molecular weight excluding hydrogens is 294 g/mol. The van der Waals surface area contributed by atoms with Gasteiger partial charge in [0.1, 0.15) is 0 Å². The molecule has 0 saturated heterocycles. The third-order valence-corrected chi connectivity index (χ3v) is 4.55. The van der Waals surface area contributed by atoms with Crippen molar-refractivity contribution in [1.29, 1.82) is 0 Å². The lowest BCUT2D eigenvalue weighted by Gasteiger charge is -2.22. The van der Waals surface area contributed by atoms with Gasteiger partial charge in [-0.2, -0.15) is 0 Å². The zero-order chi connectivity index (χ0) is 18.0. The first-order valence-corrected chi connectivity index (χ1v) is 9.68. The molecule has 1 aliphatic heterocycles. The van der Waals surface area contributed by atoms with Crippen LogP contribution in [0.2, 0.25) is 0 Å². The van der Waals surface area contributed by atoms with Crippen LogP contribution in [-0.2, 0) is 0 Å². The number of hydrogen-bond acceptors (Lipinski definition) is 2. The quantitative estimate of drug-likeness (QED) is 0.538. The van der Waals surface area contributed by atoms with Crippen molar-refractivity contribution in [2.24, 2.45) is 4.99 Å². The molecule has 0 radical (unpaired) electrons. The van der Waals surface area contributed by atoms with Crippen molar-refractivity contribution in [3.63, 3.8) is 0 Å².